The van der Waals surface area contributed by atoms with Crippen molar-refractivity contribution in [3.8, 4) is 23.1 Å². The first-order valence-electron chi connectivity index (χ1n) is 11.4. The van der Waals surface area contributed by atoms with Crippen molar-refractivity contribution < 1.29 is 32.6 Å². The minimum absolute atomic E-state index is 0.0208. The number of nitrogens with zero attached hydrogens (tertiary/aromatic N) is 2. The fourth-order valence-corrected chi connectivity index (χ4v) is 3.91. The van der Waals surface area contributed by atoms with Gasteiger partial charge in [0.15, 0.2) is 0 Å². The number of hydrogen-bond donors (Lipinski definition) is 3. The van der Waals surface area contributed by atoms with Crippen LogP contribution < -0.4 is 10.2 Å². The molecule has 2 aliphatic heterocycles. The molecule has 8 nitrogen and oxygen atoms in total. The summed E-state index contributed by atoms with van der Waals surface area (Å²) in [4.78, 5) is 31.0. The fourth-order valence-electron chi connectivity index (χ4n) is 3.91. The Morgan fingerprint density at radius 3 is 2.54 bits per heavy atom. The van der Waals surface area contributed by atoms with Gasteiger partial charge in [-0.2, -0.15) is 13.2 Å². The van der Waals surface area contributed by atoms with Gasteiger partial charge < -0.3 is 25.0 Å². The molecule has 0 unspecified atom stereocenters. The zero-order valence-electron chi connectivity index (χ0n) is 19.6. The molecular weight excluding hydrogens is 489 g/mol. The number of morpholine rings is 1. The molecule has 192 valence electrons. The van der Waals surface area contributed by atoms with Crippen LogP contribution in [0.3, 0.4) is 0 Å². The molecule has 0 aliphatic carbocycles. The molecule has 0 bridgehead atoms. The Kier molecular flexibility index (Phi) is 7.79. The highest BCUT2D eigenvalue weighted by Crippen LogP contribution is 2.24. The first kappa shape index (κ1) is 25.8. The largest absolute Gasteiger partial charge is 0.490 e. The van der Waals surface area contributed by atoms with Gasteiger partial charge in [0.05, 0.1) is 24.5 Å². The van der Waals surface area contributed by atoms with E-state index in [1.165, 1.54) is 0 Å². The number of nitrogens with one attached hydrogen (secondary N) is 2. The normalized spacial score (nSPS) is 14.9. The first-order chi connectivity index (χ1) is 17.7. The summed E-state index contributed by atoms with van der Waals surface area (Å²) in [5, 5.41) is 10.0. The van der Waals surface area contributed by atoms with E-state index in [1.54, 1.807) is 6.20 Å². The number of fused-ring (bicyclic) bond motifs is 1. The molecule has 2 aromatic heterocycles. The van der Waals surface area contributed by atoms with Crippen molar-refractivity contribution in [1.29, 1.82) is 0 Å². The average molecular weight is 512 g/mol. The number of anilines is 1. The number of benzene rings is 1. The average Bonchev–Trinajstić information content (AvgIpc) is 3.34. The number of carboxylic acids is 1. The van der Waals surface area contributed by atoms with Crippen molar-refractivity contribution in [3.63, 3.8) is 0 Å². The molecule has 0 atom stereocenters. The predicted octanol–water partition coefficient (Wildman–Crippen LogP) is 3.23. The summed E-state index contributed by atoms with van der Waals surface area (Å²) in [5.74, 6) is 3.72. The minimum atomic E-state index is -5.08. The number of halogens is 3. The van der Waals surface area contributed by atoms with Crippen LogP contribution in [0, 0.1) is 11.8 Å². The lowest BCUT2D eigenvalue weighted by atomic mass is 10.1. The van der Waals surface area contributed by atoms with E-state index in [-0.39, 0.29) is 5.91 Å². The maximum atomic E-state index is 12.0. The minimum Gasteiger partial charge on any atom is -0.475 e. The Morgan fingerprint density at radius 2 is 1.84 bits per heavy atom. The highest BCUT2D eigenvalue weighted by molar-refractivity contribution is 5.97. The Bertz CT molecular complexity index is 1350. The van der Waals surface area contributed by atoms with E-state index in [9.17, 15) is 18.0 Å². The third-order valence-corrected chi connectivity index (χ3v) is 5.70. The molecular formula is C26H23F3N4O4. The zero-order valence-corrected chi connectivity index (χ0v) is 19.6. The lowest BCUT2D eigenvalue weighted by molar-refractivity contribution is -0.192. The molecule has 0 saturated carbocycles. The van der Waals surface area contributed by atoms with Crippen molar-refractivity contribution in [1.82, 2.24) is 15.3 Å². The number of carboxylic acid groups (broad SMARTS) is 1. The number of aromatic amines is 1. The van der Waals surface area contributed by atoms with Gasteiger partial charge >= 0.3 is 12.1 Å². The maximum Gasteiger partial charge on any atom is 0.490 e. The van der Waals surface area contributed by atoms with Gasteiger partial charge in [-0.25, -0.2) is 9.78 Å². The number of pyridine rings is 1. The lowest BCUT2D eigenvalue weighted by Crippen LogP contribution is -2.36. The van der Waals surface area contributed by atoms with E-state index in [2.05, 4.69) is 38.1 Å². The molecule has 1 fully saturated rings. The number of hydrogen-bond acceptors (Lipinski definition) is 5. The molecule has 3 N–H and O–H groups in total. The molecule has 1 aromatic carbocycles. The molecule has 1 amide bonds. The van der Waals surface area contributed by atoms with Crippen LogP contribution in [-0.4, -0.2) is 66.0 Å². The zero-order chi connectivity index (χ0) is 26.4. The van der Waals surface area contributed by atoms with Crippen LogP contribution in [0.5, 0.6) is 0 Å². The molecule has 2 aliphatic rings. The van der Waals surface area contributed by atoms with Crippen LogP contribution in [0.25, 0.3) is 11.3 Å². The van der Waals surface area contributed by atoms with Crippen LogP contribution in [0.1, 0.15) is 27.3 Å². The van der Waals surface area contributed by atoms with E-state index in [4.69, 9.17) is 14.6 Å². The second kappa shape index (κ2) is 11.2. The van der Waals surface area contributed by atoms with Gasteiger partial charge in [-0.3, -0.25) is 4.79 Å². The summed E-state index contributed by atoms with van der Waals surface area (Å²) in [6.07, 6.45) is -2.51. The van der Waals surface area contributed by atoms with Crippen LogP contribution >= 0.6 is 0 Å². The molecule has 5 rings (SSSR count). The van der Waals surface area contributed by atoms with Gasteiger partial charge in [-0.05, 0) is 36.3 Å². The highest BCUT2D eigenvalue weighted by atomic mass is 19.4. The van der Waals surface area contributed by atoms with E-state index in [0.29, 0.717) is 12.2 Å². The van der Waals surface area contributed by atoms with Crippen molar-refractivity contribution in [2.45, 2.75) is 12.6 Å². The summed E-state index contributed by atoms with van der Waals surface area (Å²) in [6, 6.07) is 14.0. The Labute approximate surface area is 210 Å². The summed E-state index contributed by atoms with van der Waals surface area (Å²) in [5.41, 5.74) is 6.40. The van der Waals surface area contributed by atoms with Crippen molar-refractivity contribution in [3.05, 3.63) is 71.2 Å². The van der Waals surface area contributed by atoms with Crippen LogP contribution in [-0.2, 0) is 16.0 Å². The number of carbonyl (C=O) groups excluding carboxylic acids is 1. The second-order valence-corrected chi connectivity index (χ2v) is 8.18. The molecule has 4 heterocycles. The highest BCUT2D eigenvalue weighted by Gasteiger charge is 2.38. The molecule has 1 saturated heterocycles. The maximum absolute atomic E-state index is 12.0. The predicted molar refractivity (Wildman–Crippen MR) is 129 cm³/mol. The Hall–Kier alpha value is -4.30. The van der Waals surface area contributed by atoms with Crippen LogP contribution in [0.2, 0.25) is 0 Å². The van der Waals surface area contributed by atoms with Crippen LogP contribution in [0.4, 0.5) is 18.9 Å². The Morgan fingerprint density at radius 1 is 1.11 bits per heavy atom. The number of para-hydroxylation sites is 1. The standard InChI is InChI=1S/C24H22N4O2.C2HF3O2/c29-24-20-16-22(27-21(20)8-10-26-24)18-7-9-25-19(15-18)6-5-17-3-1-2-4-23(17)28-11-13-30-14-12-28;3-2(4,5)1(6)7/h1-4,7,9,15-16,27H,8,10-14H2,(H,26,29);(H,6,7). The summed E-state index contributed by atoms with van der Waals surface area (Å²) < 4.78 is 37.2. The summed E-state index contributed by atoms with van der Waals surface area (Å²) in [7, 11) is 0. The van der Waals surface area contributed by atoms with Gasteiger partial charge in [0.25, 0.3) is 5.91 Å². The fraction of sp³-hybridized carbons (Fsp3) is 0.269. The van der Waals surface area contributed by atoms with E-state index >= 15 is 0 Å². The van der Waals surface area contributed by atoms with Crippen LogP contribution in [0.15, 0.2) is 48.7 Å². The SMILES string of the molecule is O=C(O)C(F)(F)F.O=C1NCCc2[nH]c(-c3ccnc(C#Cc4ccccc4N4CCOCC4)c3)cc21. The number of aromatic nitrogens is 2. The lowest BCUT2D eigenvalue weighted by Gasteiger charge is -2.29. The second-order valence-electron chi connectivity index (χ2n) is 8.18. The van der Waals surface area contributed by atoms with E-state index < -0.39 is 12.1 Å². The molecule has 0 radical (unpaired) electrons. The summed E-state index contributed by atoms with van der Waals surface area (Å²) in [6.45, 7) is 3.89. The van der Waals surface area contributed by atoms with Crippen molar-refractivity contribution >= 4 is 17.6 Å². The van der Waals surface area contributed by atoms with Crippen molar-refractivity contribution in [2.75, 3.05) is 37.7 Å². The number of H-pyrrole nitrogens is 1. The number of aliphatic carboxylic acids is 1. The number of carbonyl (C=O) groups is 2. The van der Waals surface area contributed by atoms with Gasteiger partial charge in [0.1, 0.15) is 5.69 Å². The number of ether oxygens (including phenoxy) is 1. The molecule has 3 aromatic rings. The molecule has 37 heavy (non-hydrogen) atoms. The van der Waals surface area contributed by atoms with Gasteiger partial charge in [-0.1, -0.05) is 18.1 Å². The smallest absolute Gasteiger partial charge is 0.475 e. The van der Waals surface area contributed by atoms with Crippen molar-refractivity contribution in [2.24, 2.45) is 0 Å². The topological polar surface area (TPSA) is 108 Å². The number of amides is 1. The number of rotatable bonds is 2. The van der Waals surface area contributed by atoms with E-state index in [1.807, 2.05) is 36.4 Å². The van der Waals surface area contributed by atoms with E-state index in [0.717, 1.165) is 66.5 Å². The van der Waals surface area contributed by atoms with Gasteiger partial charge in [0, 0.05) is 54.8 Å². The summed E-state index contributed by atoms with van der Waals surface area (Å²) >= 11 is 0. The third-order valence-electron chi connectivity index (χ3n) is 5.70. The van der Waals surface area contributed by atoms with Gasteiger partial charge in [-0.15, -0.1) is 0 Å². The van der Waals surface area contributed by atoms with Gasteiger partial charge in [0.2, 0.25) is 0 Å². The third kappa shape index (κ3) is 6.48. The monoisotopic (exact) mass is 512 g/mol. The molecule has 0 spiro atoms. The Balaban J connectivity index is 0.000000405. The first-order valence-corrected chi connectivity index (χ1v) is 11.4. The molecule has 11 heteroatoms. The quantitative estimate of drug-likeness (QED) is 0.455. The number of alkyl halides is 3.